The Morgan fingerprint density at radius 1 is 0.970 bits per heavy atom. The Kier molecular flexibility index (Phi) is 5.26. The van der Waals surface area contributed by atoms with Gasteiger partial charge in [-0.3, -0.25) is 9.59 Å². The van der Waals surface area contributed by atoms with Crippen molar-refractivity contribution in [3.8, 4) is 17.3 Å². The minimum absolute atomic E-state index is 0.152. The molecule has 0 bridgehead atoms. The molecule has 2 aromatic carbocycles. The molecular formula is C25H23N5O3. The summed E-state index contributed by atoms with van der Waals surface area (Å²) in [6, 6.07) is 20.1. The van der Waals surface area contributed by atoms with Crippen LogP contribution in [0.5, 0.6) is 11.5 Å². The zero-order chi connectivity index (χ0) is 22.9. The van der Waals surface area contributed by atoms with Crippen LogP contribution in [0.4, 0.5) is 0 Å². The lowest BCUT2D eigenvalue weighted by atomic mass is 9.87. The second-order valence-electron chi connectivity index (χ2n) is 7.99. The van der Waals surface area contributed by atoms with Gasteiger partial charge in [-0.05, 0) is 38.1 Å². The van der Waals surface area contributed by atoms with E-state index >= 15 is 0 Å². The number of rotatable bonds is 5. The summed E-state index contributed by atoms with van der Waals surface area (Å²) in [5.74, 6) is 1.26. The first-order valence-electron chi connectivity index (χ1n) is 10.8. The highest BCUT2D eigenvalue weighted by Crippen LogP contribution is 2.43. The molecule has 2 aromatic heterocycles. The van der Waals surface area contributed by atoms with Gasteiger partial charge >= 0.3 is 0 Å². The van der Waals surface area contributed by atoms with Crippen LogP contribution < -0.4 is 15.6 Å². The van der Waals surface area contributed by atoms with E-state index in [0.717, 1.165) is 22.5 Å². The maximum absolute atomic E-state index is 13.2. The Hall–Kier alpha value is -4.20. The Morgan fingerprint density at radius 3 is 2.27 bits per heavy atom. The van der Waals surface area contributed by atoms with Crippen LogP contribution in [-0.2, 0) is 11.3 Å². The third kappa shape index (κ3) is 3.91. The third-order valence-electron chi connectivity index (χ3n) is 5.64. The number of carbonyl (C=O) groups excluding carboxylic acids is 1. The fourth-order valence-corrected chi connectivity index (χ4v) is 4.15. The number of para-hydroxylation sites is 2. The summed E-state index contributed by atoms with van der Waals surface area (Å²) in [7, 11) is 0. The maximum Gasteiger partial charge on any atom is 0.266 e. The van der Waals surface area contributed by atoms with Crippen molar-refractivity contribution < 1.29 is 9.53 Å². The average Bonchev–Trinajstić information content (AvgIpc) is 3.16. The molecular weight excluding hydrogens is 418 g/mol. The normalized spacial score (nSPS) is 12.5. The maximum atomic E-state index is 13.2. The predicted molar refractivity (Wildman–Crippen MR) is 123 cm³/mol. The number of aromatic nitrogens is 4. The van der Waals surface area contributed by atoms with Crippen LogP contribution in [0.3, 0.4) is 0 Å². The summed E-state index contributed by atoms with van der Waals surface area (Å²) in [6.07, 6.45) is 0. The first-order chi connectivity index (χ1) is 16.0. The largest absolute Gasteiger partial charge is 0.457 e. The summed E-state index contributed by atoms with van der Waals surface area (Å²) in [4.78, 5) is 25.6. The van der Waals surface area contributed by atoms with E-state index in [4.69, 9.17) is 4.74 Å². The average molecular weight is 441 g/mol. The minimum atomic E-state index is -0.489. The molecule has 1 N–H and O–H groups in total. The van der Waals surface area contributed by atoms with Crippen LogP contribution in [0.2, 0.25) is 0 Å². The molecule has 0 unspecified atom stereocenters. The van der Waals surface area contributed by atoms with Gasteiger partial charge in [0, 0.05) is 29.4 Å². The summed E-state index contributed by atoms with van der Waals surface area (Å²) >= 11 is 0. The number of hydrogen-bond acceptors (Lipinski definition) is 5. The highest BCUT2D eigenvalue weighted by Gasteiger charge is 2.32. The fourth-order valence-electron chi connectivity index (χ4n) is 4.15. The van der Waals surface area contributed by atoms with Crippen LogP contribution >= 0.6 is 0 Å². The second kappa shape index (κ2) is 8.38. The van der Waals surface area contributed by atoms with Crippen molar-refractivity contribution in [2.75, 3.05) is 6.54 Å². The van der Waals surface area contributed by atoms with Crippen LogP contribution in [0.1, 0.15) is 28.4 Å². The highest BCUT2D eigenvalue weighted by molar-refractivity contribution is 5.89. The lowest BCUT2D eigenvalue weighted by Gasteiger charge is -2.27. The van der Waals surface area contributed by atoms with E-state index in [1.165, 1.54) is 10.7 Å². The van der Waals surface area contributed by atoms with Gasteiger partial charge in [-0.1, -0.05) is 36.4 Å². The second-order valence-corrected chi connectivity index (χ2v) is 7.99. The Morgan fingerprint density at radius 2 is 1.64 bits per heavy atom. The van der Waals surface area contributed by atoms with E-state index in [1.807, 2.05) is 68.4 Å². The predicted octanol–water partition coefficient (Wildman–Crippen LogP) is 3.10. The zero-order valence-electron chi connectivity index (χ0n) is 18.4. The molecule has 8 heteroatoms. The van der Waals surface area contributed by atoms with Crippen LogP contribution in [0.25, 0.3) is 5.82 Å². The molecule has 0 radical (unpaired) electrons. The van der Waals surface area contributed by atoms with E-state index in [0.29, 0.717) is 17.3 Å². The van der Waals surface area contributed by atoms with Crippen molar-refractivity contribution in [3.63, 3.8) is 0 Å². The van der Waals surface area contributed by atoms with E-state index in [1.54, 1.807) is 10.7 Å². The summed E-state index contributed by atoms with van der Waals surface area (Å²) in [5.41, 5.74) is 3.19. The zero-order valence-corrected chi connectivity index (χ0v) is 18.4. The van der Waals surface area contributed by atoms with Crippen molar-refractivity contribution in [1.29, 1.82) is 0 Å². The number of hydrogen-bond donors (Lipinski definition) is 1. The van der Waals surface area contributed by atoms with Gasteiger partial charge in [0.15, 0.2) is 5.82 Å². The molecule has 3 heterocycles. The standard InChI is InChI=1S/C25H23N5O3/c1-16-15-17(2)30(27-16)22-11-12-23(31)29(28-22)14-13-26-25(32)24-18-7-3-5-9-20(18)33-21-10-6-4-8-19(21)24/h3-12,15,24H,13-14H2,1-2H3,(H,26,32). The van der Waals surface area contributed by atoms with Gasteiger partial charge in [0.2, 0.25) is 5.91 Å². The third-order valence-corrected chi connectivity index (χ3v) is 5.64. The van der Waals surface area contributed by atoms with Gasteiger partial charge in [-0.25, -0.2) is 9.36 Å². The molecule has 0 saturated carbocycles. The van der Waals surface area contributed by atoms with Crippen molar-refractivity contribution >= 4 is 5.91 Å². The number of carbonyl (C=O) groups is 1. The molecule has 8 nitrogen and oxygen atoms in total. The van der Waals surface area contributed by atoms with Gasteiger partial charge in [0.05, 0.1) is 18.2 Å². The number of nitrogens with one attached hydrogen (secondary N) is 1. The summed E-state index contributed by atoms with van der Waals surface area (Å²) < 4.78 is 9.01. The molecule has 0 saturated heterocycles. The minimum Gasteiger partial charge on any atom is -0.457 e. The molecule has 0 aliphatic carbocycles. The first-order valence-corrected chi connectivity index (χ1v) is 10.8. The number of ether oxygens (including phenoxy) is 1. The van der Waals surface area contributed by atoms with Gasteiger partial charge in [-0.2, -0.15) is 5.10 Å². The number of benzene rings is 2. The Bertz CT molecular complexity index is 1360. The van der Waals surface area contributed by atoms with Crippen molar-refractivity contribution in [3.05, 3.63) is 99.6 Å². The summed E-state index contributed by atoms with van der Waals surface area (Å²) in [6.45, 7) is 4.33. The van der Waals surface area contributed by atoms with E-state index in [9.17, 15) is 9.59 Å². The Balaban J connectivity index is 1.35. The van der Waals surface area contributed by atoms with Gasteiger partial charge in [-0.15, -0.1) is 5.10 Å². The van der Waals surface area contributed by atoms with Crippen molar-refractivity contribution in [2.45, 2.75) is 26.3 Å². The number of nitrogens with zero attached hydrogens (tertiary/aromatic N) is 4. The Labute approximate surface area is 190 Å². The molecule has 0 fully saturated rings. The van der Waals surface area contributed by atoms with Crippen LogP contribution in [0, 0.1) is 13.8 Å². The van der Waals surface area contributed by atoms with Crippen molar-refractivity contribution in [2.24, 2.45) is 0 Å². The molecule has 1 aliphatic rings. The van der Waals surface area contributed by atoms with E-state index < -0.39 is 5.92 Å². The van der Waals surface area contributed by atoms with Gasteiger partial charge in [0.1, 0.15) is 11.5 Å². The lowest BCUT2D eigenvalue weighted by molar-refractivity contribution is -0.121. The van der Waals surface area contributed by atoms with Gasteiger partial charge < -0.3 is 10.1 Å². The fraction of sp³-hybridized carbons (Fsp3) is 0.200. The van der Waals surface area contributed by atoms with Crippen molar-refractivity contribution in [1.82, 2.24) is 24.9 Å². The van der Waals surface area contributed by atoms with Gasteiger partial charge in [0.25, 0.3) is 5.56 Å². The molecule has 1 amide bonds. The van der Waals surface area contributed by atoms with Crippen LogP contribution in [-0.4, -0.2) is 32.0 Å². The topological polar surface area (TPSA) is 91.0 Å². The first kappa shape index (κ1) is 20.7. The number of amides is 1. The van der Waals surface area contributed by atoms with E-state index in [2.05, 4.69) is 15.5 Å². The molecule has 166 valence electrons. The monoisotopic (exact) mass is 441 g/mol. The molecule has 4 aromatic rings. The molecule has 0 atom stereocenters. The smallest absolute Gasteiger partial charge is 0.266 e. The highest BCUT2D eigenvalue weighted by atomic mass is 16.5. The number of aryl methyl sites for hydroxylation is 2. The summed E-state index contributed by atoms with van der Waals surface area (Å²) in [5, 5.41) is 11.8. The molecule has 33 heavy (non-hydrogen) atoms. The quantitative estimate of drug-likeness (QED) is 0.514. The molecule has 0 spiro atoms. The van der Waals surface area contributed by atoms with Crippen LogP contribution in [0.15, 0.2) is 71.5 Å². The molecule has 1 aliphatic heterocycles. The molecule has 5 rings (SSSR count). The number of fused-ring (bicyclic) bond motifs is 2. The lowest BCUT2D eigenvalue weighted by Crippen LogP contribution is -2.36. The SMILES string of the molecule is Cc1cc(C)n(-c2ccc(=O)n(CCNC(=O)C3c4ccccc4Oc4ccccc43)n2)n1. The van der Waals surface area contributed by atoms with E-state index in [-0.39, 0.29) is 24.6 Å².